The van der Waals surface area contributed by atoms with Crippen LogP contribution in [0.5, 0.6) is 0 Å². The van der Waals surface area contributed by atoms with Gasteiger partial charge < -0.3 is 0 Å². The summed E-state index contributed by atoms with van der Waals surface area (Å²) >= 11 is 0. The molecule has 0 aliphatic carbocycles. The first-order valence-corrected chi connectivity index (χ1v) is 4.09. The van der Waals surface area contributed by atoms with Gasteiger partial charge in [-0.3, -0.25) is 5.43 Å². The summed E-state index contributed by atoms with van der Waals surface area (Å²) in [7, 11) is 0. The lowest BCUT2D eigenvalue weighted by Crippen LogP contribution is -2.00. The Morgan fingerprint density at radius 2 is 2.29 bits per heavy atom. The van der Waals surface area contributed by atoms with E-state index in [1.807, 2.05) is 6.08 Å². The van der Waals surface area contributed by atoms with Crippen molar-refractivity contribution in [3.8, 4) is 0 Å². The van der Waals surface area contributed by atoms with Crippen LogP contribution in [0.2, 0.25) is 0 Å². The lowest BCUT2D eigenvalue weighted by Gasteiger charge is -1.99. The van der Waals surface area contributed by atoms with Crippen molar-refractivity contribution in [1.82, 2.24) is 25.0 Å². The molecule has 0 fully saturated rings. The van der Waals surface area contributed by atoms with E-state index in [9.17, 15) is 0 Å². The summed E-state index contributed by atoms with van der Waals surface area (Å²) in [6.45, 7) is 0. The Bertz CT molecular complexity index is 538. The molecule has 0 spiro atoms. The highest BCUT2D eigenvalue weighted by atomic mass is 15.3. The molecule has 0 atom stereocenters. The van der Waals surface area contributed by atoms with Gasteiger partial charge in [-0.25, -0.2) is 4.98 Å². The molecule has 2 aromatic heterocycles. The van der Waals surface area contributed by atoms with Gasteiger partial charge in [0.1, 0.15) is 6.33 Å². The Kier molecular flexibility index (Phi) is 1.35. The van der Waals surface area contributed by atoms with Gasteiger partial charge >= 0.3 is 0 Å². The average molecular weight is 186 g/mol. The van der Waals surface area contributed by atoms with Crippen molar-refractivity contribution in [2.75, 3.05) is 0 Å². The maximum atomic E-state index is 4.13. The summed E-state index contributed by atoms with van der Waals surface area (Å²) in [6.07, 6.45) is 8.52. The number of nitrogens with zero attached hydrogens (tertiary/aromatic N) is 5. The second-order valence-electron chi connectivity index (χ2n) is 2.79. The van der Waals surface area contributed by atoms with E-state index in [0.717, 1.165) is 11.3 Å². The first kappa shape index (κ1) is 7.19. The van der Waals surface area contributed by atoms with E-state index in [1.165, 1.54) is 6.33 Å². The fourth-order valence-corrected chi connectivity index (χ4v) is 1.34. The SMILES string of the molecule is C1=Cc2c(cnc3ncnn23)C=NN1. The van der Waals surface area contributed by atoms with Gasteiger partial charge in [0, 0.05) is 18.0 Å². The second-order valence-corrected chi connectivity index (χ2v) is 2.79. The van der Waals surface area contributed by atoms with Crippen LogP contribution < -0.4 is 5.43 Å². The largest absolute Gasteiger partial charge is 0.286 e. The van der Waals surface area contributed by atoms with Gasteiger partial charge in [0.05, 0.1) is 11.9 Å². The molecule has 14 heavy (non-hydrogen) atoms. The zero-order valence-electron chi connectivity index (χ0n) is 7.12. The number of nitrogens with one attached hydrogen (secondary N) is 1. The van der Waals surface area contributed by atoms with E-state index in [0.29, 0.717) is 5.78 Å². The first-order chi connectivity index (χ1) is 6.95. The van der Waals surface area contributed by atoms with Crippen LogP contribution >= 0.6 is 0 Å². The molecule has 1 N–H and O–H groups in total. The van der Waals surface area contributed by atoms with E-state index in [4.69, 9.17) is 0 Å². The van der Waals surface area contributed by atoms with E-state index in [2.05, 4.69) is 25.6 Å². The molecule has 0 aromatic carbocycles. The number of hydrogen-bond donors (Lipinski definition) is 1. The third kappa shape index (κ3) is 0.905. The first-order valence-electron chi connectivity index (χ1n) is 4.09. The van der Waals surface area contributed by atoms with Crippen LogP contribution in [-0.2, 0) is 0 Å². The molecule has 0 amide bonds. The number of hydrogen-bond acceptors (Lipinski definition) is 5. The maximum Gasteiger partial charge on any atom is 0.252 e. The smallest absolute Gasteiger partial charge is 0.252 e. The van der Waals surface area contributed by atoms with Crippen molar-refractivity contribution in [2.24, 2.45) is 5.10 Å². The molecule has 6 heteroatoms. The van der Waals surface area contributed by atoms with Gasteiger partial charge in [0.15, 0.2) is 0 Å². The normalized spacial score (nSPS) is 13.7. The van der Waals surface area contributed by atoms with Crippen molar-refractivity contribution < 1.29 is 0 Å². The summed E-state index contributed by atoms with van der Waals surface area (Å²) in [5.41, 5.74) is 4.58. The van der Waals surface area contributed by atoms with Crippen LogP contribution in [0.3, 0.4) is 0 Å². The minimum atomic E-state index is 0.587. The molecule has 68 valence electrons. The van der Waals surface area contributed by atoms with E-state index in [1.54, 1.807) is 23.1 Å². The average Bonchev–Trinajstić information content (AvgIpc) is 2.55. The van der Waals surface area contributed by atoms with Gasteiger partial charge in [-0.2, -0.15) is 19.7 Å². The molecule has 1 aliphatic rings. The van der Waals surface area contributed by atoms with Crippen LogP contribution in [0.4, 0.5) is 0 Å². The van der Waals surface area contributed by atoms with Crippen molar-refractivity contribution >= 4 is 18.1 Å². The Balaban J connectivity index is 2.43. The van der Waals surface area contributed by atoms with E-state index >= 15 is 0 Å². The van der Waals surface area contributed by atoms with Gasteiger partial charge in [0.2, 0.25) is 0 Å². The highest BCUT2D eigenvalue weighted by molar-refractivity contribution is 5.85. The summed E-state index contributed by atoms with van der Waals surface area (Å²) in [5, 5.41) is 8.02. The predicted octanol–water partition coefficient (Wildman–Crippen LogP) is 0.0321. The van der Waals surface area contributed by atoms with Gasteiger partial charge in [0.25, 0.3) is 5.78 Å². The third-order valence-corrected chi connectivity index (χ3v) is 1.97. The summed E-state index contributed by atoms with van der Waals surface area (Å²) in [4.78, 5) is 8.13. The van der Waals surface area contributed by atoms with Gasteiger partial charge in [-0.15, -0.1) is 0 Å². The molecular formula is C8H6N6. The number of fused-ring (bicyclic) bond motifs is 3. The van der Waals surface area contributed by atoms with Crippen molar-refractivity contribution in [2.45, 2.75) is 0 Å². The Hall–Kier alpha value is -2.24. The molecule has 0 saturated heterocycles. The molecular weight excluding hydrogens is 180 g/mol. The number of hydrazone groups is 1. The molecule has 1 aliphatic heterocycles. The lowest BCUT2D eigenvalue weighted by molar-refractivity contribution is 0.924. The molecule has 0 unspecified atom stereocenters. The zero-order valence-corrected chi connectivity index (χ0v) is 7.12. The van der Waals surface area contributed by atoms with Gasteiger partial charge in [-0.05, 0) is 6.08 Å². The van der Waals surface area contributed by atoms with Crippen molar-refractivity contribution in [3.05, 3.63) is 30.0 Å². The molecule has 3 heterocycles. The molecule has 2 aromatic rings. The molecule has 6 nitrogen and oxygen atoms in total. The number of rotatable bonds is 0. The van der Waals surface area contributed by atoms with Crippen LogP contribution in [0, 0.1) is 0 Å². The summed E-state index contributed by atoms with van der Waals surface area (Å²) in [6, 6.07) is 0. The second kappa shape index (κ2) is 2.63. The zero-order chi connectivity index (χ0) is 9.38. The van der Waals surface area contributed by atoms with Gasteiger partial charge in [-0.1, -0.05) is 0 Å². The van der Waals surface area contributed by atoms with E-state index < -0.39 is 0 Å². The quantitative estimate of drug-likeness (QED) is 0.630. The van der Waals surface area contributed by atoms with Crippen LogP contribution in [0.1, 0.15) is 11.3 Å². The van der Waals surface area contributed by atoms with Crippen molar-refractivity contribution in [3.63, 3.8) is 0 Å². The predicted molar refractivity (Wildman–Crippen MR) is 50.5 cm³/mol. The topological polar surface area (TPSA) is 67.5 Å². The standard InChI is InChI=1S/C8H6N6/c1-2-11-12-4-6-3-9-8-10-5-13-14(8)7(1)6/h1-5,11H. The number of aromatic nitrogens is 4. The molecule has 3 rings (SSSR count). The minimum Gasteiger partial charge on any atom is -0.286 e. The lowest BCUT2D eigenvalue weighted by atomic mass is 10.2. The van der Waals surface area contributed by atoms with E-state index in [-0.39, 0.29) is 0 Å². The molecule has 0 saturated carbocycles. The Morgan fingerprint density at radius 3 is 3.29 bits per heavy atom. The fourth-order valence-electron chi connectivity index (χ4n) is 1.34. The summed E-state index contributed by atoms with van der Waals surface area (Å²) < 4.78 is 1.67. The van der Waals surface area contributed by atoms with Crippen LogP contribution in [0.15, 0.2) is 23.8 Å². The maximum absolute atomic E-state index is 4.13. The monoisotopic (exact) mass is 186 g/mol. The highest BCUT2D eigenvalue weighted by Crippen LogP contribution is 2.09. The summed E-state index contributed by atoms with van der Waals surface area (Å²) in [5.74, 6) is 0.587. The third-order valence-electron chi connectivity index (χ3n) is 1.97. The fraction of sp³-hybridized carbons (Fsp3) is 0. The minimum absolute atomic E-state index is 0.587. The molecule has 0 bridgehead atoms. The Labute approximate surface area is 79.0 Å². The van der Waals surface area contributed by atoms with Crippen LogP contribution in [-0.4, -0.2) is 25.8 Å². The van der Waals surface area contributed by atoms with Crippen LogP contribution in [0.25, 0.3) is 11.9 Å². The van der Waals surface area contributed by atoms with Crippen molar-refractivity contribution in [1.29, 1.82) is 0 Å². The Morgan fingerprint density at radius 1 is 1.29 bits per heavy atom. The molecule has 0 radical (unpaired) electrons. The highest BCUT2D eigenvalue weighted by Gasteiger charge is 2.07.